The van der Waals surface area contributed by atoms with E-state index >= 15 is 0 Å². The van der Waals surface area contributed by atoms with E-state index < -0.39 is 0 Å². The summed E-state index contributed by atoms with van der Waals surface area (Å²) in [4.78, 5) is 0. The van der Waals surface area contributed by atoms with Crippen molar-refractivity contribution in [3.63, 3.8) is 0 Å². The van der Waals surface area contributed by atoms with E-state index in [1.807, 2.05) is 13.0 Å². The van der Waals surface area contributed by atoms with Crippen LogP contribution in [0.5, 0.6) is 0 Å². The molecule has 0 bridgehead atoms. The third-order valence-corrected chi connectivity index (χ3v) is 1.95. The van der Waals surface area contributed by atoms with Gasteiger partial charge in [-0.1, -0.05) is 6.92 Å². The van der Waals surface area contributed by atoms with Gasteiger partial charge in [0.05, 0.1) is 12.0 Å². The van der Waals surface area contributed by atoms with Crippen LogP contribution in [0, 0.1) is 0 Å². The highest BCUT2D eigenvalue weighted by Gasteiger charge is 2.08. The van der Waals surface area contributed by atoms with Crippen molar-refractivity contribution in [2.45, 2.75) is 13.3 Å². The normalized spacial score (nSPS) is 10.5. The lowest BCUT2D eigenvalue weighted by atomic mass is 10.1. The molecule has 0 radical (unpaired) electrons. The van der Waals surface area contributed by atoms with Crippen LogP contribution in [0.25, 0.3) is 11.3 Å². The van der Waals surface area contributed by atoms with Crippen molar-refractivity contribution in [2.75, 3.05) is 5.73 Å². The minimum atomic E-state index is 0.498. The number of nitrogens with two attached hydrogens (primary N) is 1. The van der Waals surface area contributed by atoms with Crippen molar-refractivity contribution < 1.29 is 4.42 Å². The van der Waals surface area contributed by atoms with Gasteiger partial charge in [0, 0.05) is 18.1 Å². The van der Waals surface area contributed by atoms with Gasteiger partial charge in [-0.05, 0) is 6.07 Å². The van der Waals surface area contributed by atoms with Crippen LogP contribution in [-0.4, -0.2) is 10.2 Å². The molecule has 0 aliphatic rings. The van der Waals surface area contributed by atoms with Gasteiger partial charge < -0.3 is 10.2 Å². The topological polar surface area (TPSA) is 67.8 Å². The molecule has 68 valence electrons. The van der Waals surface area contributed by atoms with Gasteiger partial charge in [-0.2, -0.15) is 5.10 Å². The molecule has 0 atom stereocenters. The summed E-state index contributed by atoms with van der Waals surface area (Å²) in [7, 11) is 0. The summed E-state index contributed by atoms with van der Waals surface area (Å²) >= 11 is 0. The number of aromatic amines is 1. The zero-order chi connectivity index (χ0) is 9.26. The number of nitrogens with one attached hydrogen (secondary N) is 1. The quantitative estimate of drug-likeness (QED) is 0.735. The van der Waals surface area contributed by atoms with E-state index in [4.69, 9.17) is 10.2 Å². The highest BCUT2D eigenvalue weighted by Crippen LogP contribution is 2.24. The second-order valence-corrected chi connectivity index (χ2v) is 2.82. The lowest BCUT2D eigenvalue weighted by molar-refractivity contribution is 0.517. The Morgan fingerprint density at radius 3 is 3.08 bits per heavy atom. The molecule has 0 unspecified atom stereocenters. The summed E-state index contributed by atoms with van der Waals surface area (Å²) in [6.45, 7) is 2.04. The van der Waals surface area contributed by atoms with E-state index in [2.05, 4.69) is 10.2 Å². The Morgan fingerprint density at radius 1 is 1.62 bits per heavy atom. The zero-order valence-electron chi connectivity index (χ0n) is 7.37. The lowest BCUT2D eigenvalue weighted by Crippen LogP contribution is -1.81. The third-order valence-electron chi connectivity index (χ3n) is 1.95. The second kappa shape index (κ2) is 2.97. The SMILES string of the molecule is CCc1occc1-c1cc(N)n[nH]1. The molecule has 2 aromatic heterocycles. The van der Waals surface area contributed by atoms with Crippen LogP contribution in [-0.2, 0) is 6.42 Å². The number of hydrogen-bond donors (Lipinski definition) is 2. The molecule has 0 spiro atoms. The maximum absolute atomic E-state index is 5.50. The first-order valence-electron chi connectivity index (χ1n) is 4.19. The van der Waals surface area contributed by atoms with Crippen LogP contribution in [0.4, 0.5) is 5.82 Å². The summed E-state index contributed by atoms with van der Waals surface area (Å²) in [6.07, 6.45) is 2.53. The smallest absolute Gasteiger partial charge is 0.145 e. The molecule has 3 N–H and O–H groups in total. The van der Waals surface area contributed by atoms with Crippen LogP contribution >= 0.6 is 0 Å². The molecule has 0 aliphatic heterocycles. The van der Waals surface area contributed by atoms with E-state index in [9.17, 15) is 0 Å². The molecular weight excluding hydrogens is 166 g/mol. The Kier molecular flexibility index (Phi) is 1.81. The highest BCUT2D eigenvalue weighted by molar-refractivity contribution is 5.63. The summed E-state index contributed by atoms with van der Waals surface area (Å²) < 4.78 is 5.29. The predicted octanol–water partition coefficient (Wildman–Crippen LogP) is 1.81. The molecule has 4 heteroatoms. The molecule has 0 saturated heterocycles. The first-order chi connectivity index (χ1) is 6.31. The molecule has 2 heterocycles. The third kappa shape index (κ3) is 1.30. The van der Waals surface area contributed by atoms with Crippen molar-refractivity contribution in [3.8, 4) is 11.3 Å². The summed E-state index contributed by atoms with van der Waals surface area (Å²) in [6, 6.07) is 3.70. The van der Waals surface area contributed by atoms with Gasteiger partial charge in [-0.25, -0.2) is 0 Å². The summed E-state index contributed by atoms with van der Waals surface area (Å²) in [5.41, 5.74) is 7.44. The predicted molar refractivity (Wildman–Crippen MR) is 50.1 cm³/mol. The van der Waals surface area contributed by atoms with Gasteiger partial charge in [0.2, 0.25) is 0 Å². The maximum Gasteiger partial charge on any atom is 0.145 e. The Balaban J connectivity index is 2.45. The maximum atomic E-state index is 5.50. The van der Waals surface area contributed by atoms with E-state index in [1.165, 1.54) is 0 Å². The van der Waals surface area contributed by atoms with Gasteiger partial charge in [0.15, 0.2) is 0 Å². The van der Waals surface area contributed by atoms with E-state index in [1.54, 1.807) is 12.3 Å². The number of hydrogen-bond acceptors (Lipinski definition) is 3. The minimum Gasteiger partial charge on any atom is -0.469 e. The Hall–Kier alpha value is -1.71. The lowest BCUT2D eigenvalue weighted by Gasteiger charge is -1.94. The minimum absolute atomic E-state index is 0.498. The van der Waals surface area contributed by atoms with Gasteiger partial charge in [0.25, 0.3) is 0 Å². The van der Waals surface area contributed by atoms with Gasteiger partial charge in [-0.3, -0.25) is 5.10 Å². The molecular formula is C9H11N3O. The zero-order valence-corrected chi connectivity index (χ0v) is 7.37. The molecule has 4 nitrogen and oxygen atoms in total. The van der Waals surface area contributed by atoms with Crippen molar-refractivity contribution in [3.05, 3.63) is 24.2 Å². The standard InChI is InChI=1S/C9H11N3O/c1-2-8-6(3-4-13-8)7-5-9(10)12-11-7/h3-5H,2H2,1H3,(H3,10,11,12). The van der Waals surface area contributed by atoms with Crippen LogP contribution in [0.1, 0.15) is 12.7 Å². The fraction of sp³-hybridized carbons (Fsp3) is 0.222. The number of aromatic nitrogens is 2. The molecule has 0 saturated carbocycles. The van der Waals surface area contributed by atoms with Gasteiger partial charge >= 0.3 is 0 Å². The van der Waals surface area contributed by atoms with Crippen molar-refractivity contribution in [2.24, 2.45) is 0 Å². The van der Waals surface area contributed by atoms with Gasteiger partial charge in [0.1, 0.15) is 11.6 Å². The second-order valence-electron chi connectivity index (χ2n) is 2.82. The van der Waals surface area contributed by atoms with E-state index in [-0.39, 0.29) is 0 Å². The van der Waals surface area contributed by atoms with E-state index in [0.717, 1.165) is 23.4 Å². The molecule has 0 amide bonds. The number of aryl methyl sites for hydroxylation is 1. The first kappa shape index (κ1) is 7.91. The fourth-order valence-electron chi connectivity index (χ4n) is 1.33. The molecule has 0 aromatic carbocycles. The number of nitrogen functional groups attached to an aromatic ring is 1. The largest absolute Gasteiger partial charge is 0.469 e. The summed E-state index contributed by atoms with van der Waals surface area (Å²) in [5.74, 6) is 1.45. The summed E-state index contributed by atoms with van der Waals surface area (Å²) in [5, 5.41) is 6.71. The van der Waals surface area contributed by atoms with Crippen LogP contribution in [0.2, 0.25) is 0 Å². The van der Waals surface area contributed by atoms with Crippen molar-refractivity contribution in [1.82, 2.24) is 10.2 Å². The number of nitrogens with zero attached hydrogens (tertiary/aromatic N) is 1. The average molecular weight is 177 g/mol. The Labute approximate surface area is 75.7 Å². The van der Waals surface area contributed by atoms with Gasteiger partial charge in [-0.15, -0.1) is 0 Å². The van der Waals surface area contributed by atoms with Crippen LogP contribution < -0.4 is 5.73 Å². The number of furan rings is 1. The van der Waals surface area contributed by atoms with Crippen molar-refractivity contribution in [1.29, 1.82) is 0 Å². The molecule has 0 aliphatic carbocycles. The first-order valence-corrected chi connectivity index (χ1v) is 4.19. The van der Waals surface area contributed by atoms with Crippen LogP contribution in [0.15, 0.2) is 22.8 Å². The molecule has 2 aromatic rings. The van der Waals surface area contributed by atoms with Crippen molar-refractivity contribution >= 4 is 5.82 Å². The van der Waals surface area contributed by atoms with Crippen LogP contribution in [0.3, 0.4) is 0 Å². The monoisotopic (exact) mass is 177 g/mol. The average Bonchev–Trinajstić information content (AvgIpc) is 2.71. The number of rotatable bonds is 2. The molecule has 13 heavy (non-hydrogen) atoms. The highest BCUT2D eigenvalue weighted by atomic mass is 16.3. The fourth-order valence-corrected chi connectivity index (χ4v) is 1.33. The Morgan fingerprint density at radius 2 is 2.46 bits per heavy atom. The number of H-pyrrole nitrogens is 1. The molecule has 0 fully saturated rings. The Bertz CT molecular complexity index is 402. The molecule has 2 rings (SSSR count). The number of anilines is 1. The van der Waals surface area contributed by atoms with E-state index in [0.29, 0.717) is 5.82 Å².